The third kappa shape index (κ3) is 3.71. The van der Waals surface area contributed by atoms with E-state index in [1.807, 2.05) is 0 Å². The van der Waals surface area contributed by atoms with Crippen molar-refractivity contribution >= 4 is 0 Å². The normalized spacial score (nSPS) is 32.3. The molecule has 0 radical (unpaired) electrons. The van der Waals surface area contributed by atoms with Gasteiger partial charge in [0.05, 0.1) is 0 Å². The molecule has 0 spiro atoms. The zero-order chi connectivity index (χ0) is 12.2. The van der Waals surface area contributed by atoms with Crippen LogP contribution in [0.15, 0.2) is 23.8 Å². The standard InChI is InChI=1S/C17H27N/c1-2-12-18-17(3-1)13-16-10-8-15(9-11-16)7-6-14-4-5-14/h8-10,14,16-18H,1-7,11-13H2. The van der Waals surface area contributed by atoms with Crippen LogP contribution in [0.4, 0.5) is 0 Å². The first-order valence-electron chi connectivity index (χ1n) is 8.01. The van der Waals surface area contributed by atoms with Gasteiger partial charge < -0.3 is 5.32 Å². The lowest BCUT2D eigenvalue weighted by Gasteiger charge is -2.27. The van der Waals surface area contributed by atoms with E-state index >= 15 is 0 Å². The van der Waals surface area contributed by atoms with Gasteiger partial charge in [-0.15, -0.1) is 0 Å². The summed E-state index contributed by atoms with van der Waals surface area (Å²) < 4.78 is 0. The van der Waals surface area contributed by atoms with Crippen LogP contribution in [0.3, 0.4) is 0 Å². The van der Waals surface area contributed by atoms with E-state index in [-0.39, 0.29) is 0 Å². The van der Waals surface area contributed by atoms with Crippen molar-refractivity contribution in [1.29, 1.82) is 0 Å². The summed E-state index contributed by atoms with van der Waals surface area (Å²) in [6, 6.07) is 0.787. The van der Waals surface area contributed by atoms with Gasteiger partial charge in [-0.05, 0) is 56.9 Å². The first-order chi connectivity index (χ1) is 8.90. The van der Waals surface area contributed by atoms with Crippen molar-refractivity contribution in [3.8, 4) is 0 Å². The van der Waals surface area contributed by atoms with Gasteiger partial charge in [-0.2, -0.15) is 0 Å². The highest BCUT2D eigenvalue weighted by molar-refractivity contribution is 5.24. The first-order valence-corrected chi connectivity index (χ1v) is 8.01. The molecule has 2 aliphatic carbocycles. The second kappa shape index (κ2) is 6.06. The zero-order valence-electron chi connectivity index (χ0n) is 11.5. The van der Waals surface area contributed by atoms with Gasteiger partial charge >= 0.3 is 0 Å². The maximum absolute atomic E-state index is 3.67. The molecule has 1 saturated carbocycles. The van der Waals surface area contributed by atoms with Gasteiger partial charge in [0.1, 0.15) is 0 Å². The van der Waals surface area contributed by atoms with Crippen LogP contribution >= 0.6 is 0 Å². The summed E-state index contributed by atoms with van der Waals surface area (Å²) in [5.74, 6) is 1.87. The van der Waals surface area contributed by atoms with Crippen molar-refractivity contribution in [1.82, 2.24) is 5.32 Å². The predicted molar refractivity (Wildman–Crippen MR) is 77.5 cm³/mol. The number of nitrogens with one attached hydrogen (secondary N) is 1. The van der Waals surface area contributed by atoms with Crippen LogP contribution in [0.25, 0.3) is 0 Å². The van der Waals surface area contributed by atoms with Gasteiger partial charge in [-0.25, -0.2) is 0 Å². The molecular weight excluding hydrogens is 218 g/mol. The van der Waals surface area contributed by atoms with E-state index in [0.717, 1.165) is 17.9 Å². The molecule has 18 heavy (non-hydrogen) atoms. The Kier molecular flexibility index (Phi) is 4.20. The van der Waals surface area contributed by atoms with Crippen LogP contribution in [0.2, 0.25) is 0 Å². The van der Waals surface area contributed by atoms with Crippen molar-refractivity contribution in [2.75, 3.05) is 6.54 Å². The van der Waals surface area contributed by atoms with Gasteiger partial charge in [0.25, 0.3) is 0 Å². The second-order valence-corrected chi connectivity index (χ2v) is 6.50. The van der Waals surface area contributed by atoms with Gasteiger partial charge in [0.15, 0.2) is 0 Å². The number of rotatable bonds is 5. The number of piperidine rings is 1. The van der Waals surface area contributed by atoms with Crippen molar-refractivity contribution in [2.24, 2.45) is 11.8 Å². The second-order valence-electron chi connectivity index (χ2n) is 6.50. The molecule has 1 nitrogen and oxygen atoms in total. The molecule has 0 amide bonds. The van der Waals surface area contributed by atoms with E-state index in [2.05, 4.69) is 23.5 Å². The smallest absolute Gasteiger partial charge is 0.00727 e. The topological polar surface area (TPSA) is 12.0 Å². The minimum atomic E-state index is 0.787. The molecule has 0 aromatic rings. The fourth-order valence-electron chi connectivity index (χ4n) is 3.34. The van der Waals surface area contributed by atoms with E-state index in [0.29, 0.717) is 0 Å². The summed E-state index contributed by atoms with van der Waals surface area (Å²) in [6.07, 6.45) is 20.0. The Bertz CT molecular complexity index is 319. The summed E-state index contributed by atoms with van der Waals surface area (Å²) in [4.78, 5) is 0. The van der Waals surface area contributed by atoms with Crippen LogP contribution in [-0.2, 0) is 0 Å². The largest absolute Gasteiger partial charge is 0.314 e. The Labute approximate surface area is 112 Å². The molecular formula is C17H27N. The Balaban J connectivity index is 1.39. The molecule has 3 aliphatic rings. The number of hydrogen-bond donors (Lipinski definition) is 1. The SMILES string of the molecule is C1=CC(CC2CCCCN2)CC=C1CCC1CC1. The molecule has 0 bridgehead atoms. The minimum absolute atomic E-state index is 0.787. The van der Waals surface area contributed by atoms with Crippen molar-refractivity contribution in [3.05, 3.63) is 23.8 Å². The summed E-state index contributed by atoms with van der Waals surface area (Å²) in [7, 11) is 0. The molecule has 2 atom stereocenters. The molecule has 3 rings (SSSR count). The van der Waals surface area contributed by atoms with E-state index in [1.165, 1.54) is 64.3 Å². The molecule has 100 valence electrons. The Hall–Kier alpha value is -0.560. The molecule has 1 saturated heterocycles. The van der Waals surface area contributed by atoms with Gasteiger partial charge in [0.2, 0.25) is 0 Å². The Morgan fingerprint density at radius 2 is 2.11 bits per heavy atom. The third-order valence-corrected chi connectivity index (χ3v) is 4.80. The van der Waals surface area contributed by atoms with Crippen molar-refractivity contribution < 1.29 is 0 Å². The molecule has 2 fully saturated rings. The molecule has 0 aromatic heterocycles. The quantitative estimate of drug-likeness (QED) is 0.765. The van der Waals surface area contributed by atoms with Gasteiger partial charge in [0, 0.05) is 6.04 Å². The fraction of sp³-hybridized carbons (Fsp3) is 0.765. The summed E-state index contributed by atoms with van der Waals surface area (Å²) in [6.45, 7) is 1.24. The lowest BCUT2D eigenvalue weighted by molar-refractivity contribution is 0.350. The van der Waals surface area contributed by atoms with Crippen LogP contribution in [0, 0.1) is 11.8 Å². The van der Waals surface area contributed by atoms with Crippen LogP contribution < -0.4 is 5.32 Å². The third-order valence-electron chi connectivity index (χ3n) is 4.80. The Morgan fingerprint density at radius 1 is 1.17 bits per heavy atom. The maximum atomic E-state index is 3.67. The monoisotopic (exact) mass is 245 g/mol. The fourth-order valence-corrected chi connectivity index (χ4v) is 3.34. The highest BCUT2D eigenvalue weighted by atomic mass is 14.9. The first kappa shape index (κ1) is 12.5. The summed E-state index contributed by atoms with van der Waals surface area (Å²) >= 11 is 0. The Morgan fingerprint density at radius 3 is 2.78 bits per heavy atom. The van der Waals surface area contributed by atoms with Gasteiger partial charge in [-0.1, -0.05) is 43.1 Å². The molecule has 1 aliphatic heterocycles. The number of hydrogen-bond acceptors (Lipinski definition) is 1. The maximum Gasteiger partial charge on any atom is 0.00727 e. The molecule has 2 unspecified atom stereocenters. The number of allylic oxidation sites excluding steroid dienone is 4. The van der Waals surface area contributed by atoms with Crippen molar-refractivity contribution in [3.63, 3.8) is 0 Å². The highest BCUT2D eigenvalue weighted by Crippen LogP contribution is 2.35. The molecule has 0 aromatic carbocycles. The van der Waals surface area contributed by atoms with Crippen LogP contribution in [0.5, 0.6) is 0 Å². The predicted octanol–water partition coefficient (Wildman–Crippen LogP) is 4.21. The lowest BCUT2D eigenvalue weighted by Crippen LogP contribution is -2.35. The molecule has 1 heterocycles. The van der Waals surface area contributed by atoms with E-state index in [9.17, 15) is 0 Å². The molecule has 1 heteroatoms. The van der Waals surface area contributed by atoms with E-state index < -0.39 is 0 Å². The molecule has 1 N–H and O–H groups in total. The zero-order valence-corrected chi connectivity index (χ0v) is 11.5. The van der Waals surface area contributed by atoms with E-state index in [1.54, 1.807) is 5.57 Å². The highest BCUT2D eigenvalue weighted by Gasteiger charge is 2.21. The average molecular weight is 245 g/mol. The minimum Gasteiger partial charge on any atom is -0.314 e. The van der Waals surface area contributed by atoms with E-state index in [4.69, 9.17) is 0 Å². The average Bonchev–Trinajstić information content (AvgIpc) is 3.23. The lowest BCUT2D eigenvalue weighted by atomic mass is 9.87. The van der Waals surface area contributed by atoms with Gasteiger partial charge in [-0.3, -0.25) is 0 Å². The summed E-state index contributed by atoms with van der Waals surface area (Å²) in [5.41, 5.74) is 1.61. The van der Waals surface area contributed by atoms with Crippen molar-refractivity contribution in [2.45, 2.75) is 63.8 Å². The summed E-state index contributed by atoms with van der Waals surface area (Å²) in [5, 5.41) is 3.67. The van der Waals surface area contributed by atoms with Crippen LogP contribution in [-0.4, -0.2) is 12.6 Å². The van der Waals surface area contributed by atoms with Crippen LogP contribution in [0.1, 0.15) is 57.8 Å².